The van der Waals surface area contributed by atoms with Crippen LogP contribution in [-0.2, 0) is 17.8 Å². The quantitative estimate of drug-likeness (QED) is 0.412. The smallest absolute Gasteiger partial charge is 0.261 e. The van der Waals surface area contributed by atoms with Crippen LogP contribution >= 0.6 is 0 Å². The van der Waals surface area contributed by atoms with Gasteiger partial charge in [0.25, 0.3) is 11.5 Å². The van der Waals surface area contributed by atoms with Crippen LogP contribution in [0.5, 0.6) is 0 Å². The number of carbonyl (C=O) groups is 2. The molecule has 2 heterocycles. The molecular weight excluding hydrogens is 442 g/mol. The van der Waals surface area contributed by atoms with Crippen molar-refractivity contribution in [2.75, 3.05) is 5.32 Å². The summed E-state index contributed by atoms with van der Waals surface area (Å²) in [7, 11) is 0. The van der Waals surface area contributed by atoms with Crippen LogP contribution < -0.4 is 16.2 Å². The molecule has 0 aliphatic heterocycles. The topological polar surface area (TPSA) is 106 Å². The summed E-state index contributed by atoms with van der Waals surface area (Å²) in [6.45, 7) is 0.317. The molecular formula is C27H25N5O3. The van der Waals surface area contributed by atoms with Gasteiger partial charge < -0.3 is 10.6 Å². The van der Waals surface area contributed by atoms with Gasteiger partial charge >= 0.3 is 0 Å². The van der Waals surface area contributed by atoms with Gasteiger partial charge in [0.15, 0.2) is 0 Å². The summed E-state index contributed by atoms with van der Waals surface area (Å²) in [4.78, 5) is 47.1. The molecule has 5 rings (SSSR count). The summed E-state index contributed by atoms with van der Waals surface area (Å²) in [6.07, 6.45) is 4.11. The number of fused-ring (bicyclic) bond motifs is 1. The molecule has 2 amide bonds. The maximum absolute atomic E-state index is 13.0. The summed E-state index contributed by atoms with van der Waals surface area (Å²) in [6, 6.07) is 19.8. The van der Waals surface area contributed by atoms with E-state index in [4.69, 9.17) is 0 Å². The molecule has 0 unspecified atom stereocenters. The molecule has 1 fully saturated rings. The van der Waals surface area contributed by atoms with E-state index in [0.717, 1.165) is 18.5 Å². The number of rotatable bonds is 8. The average Bonchev–Trinajstić information content (AvgIpc) is 3.72. The largest absolute Gasteiger partial charge is 0.346 e. The molecule has 0 atom stereocenters. The van der Waals surface area contributed by atoms with Crippen molar-refractivity contribution in [3.63, 3.8) is 0 Å². The molecule has 0 saturated heterocycles. The predicted molar refractivity (Wildman–Crippen MR) is 133 cm³/mol. The van der Waals surface area contributed by atoms with Gasteiger partial charge in [0.2, 0.25) is 5.91 Å². The van der Waals surface area contributed by atoms with Crippen LogP contribution in [0.1, 0.15) is 47.2 Å². The summed E-state index contributed by atoms with van der Waals surface area (Å²) in [5, 5.41) is 6.28. The summed E-state index contributed by atoms with van der Waals surface area (Å²) in [5.74, 6) is 0.176. The summed E-state index contributed by atoms with van der Waals surface area (Å²) < 4.78 is 1.75. The van der Waals surface area contributed by atoms with Gasteiger partial charge in [0, 0.05) is 36.3 Å². The van der Waals surface area contributed by atoms with Gasteiger partial charge in [-0.3, -0.25) is 23.9 Å². The van der Waals surface area contributed by atoms with Crippen molar-refractivity contribution in [3.05, 3.63) is 100 Å². The molecule has 2 aromatic carbocycles. The average molecular weight is 468 g/mol. The number of hydrogen-bond donors (Lipinski definition) is 2. The van der Waals surface area contributed by atoms with Gasteiger partial charge in [0.1, 0.15) is 5.82 Å². The Balaban J connectivity index is 1.23. The first-order chi connectivity index (χ1) is 17.1. The van der Waals surface area contributed by atoms with Crippen LogP contribution in [0.25, 0.3) is 10.9 Å². The third-order valence-corrected chi connectivity index (χ3v) is 5.93. The Kier molecular flexibility index (Phi) is 6.34. The monoisotopic (exact) mass is 467 g/mol. The van der Waals surface area contributed by atoms with Crippen LogP contribution in [0.3, 0.4) is 0 Å². The normalized spacial score (nSPS) is 12.9. The molecule has 1 saturated carbocycles. The van der Waals surface area contributed by atoms with Crippen LogP contribution in [0, 0.1) is 0 Å². The highest BCUT2D eigenvalue weighted by Gasteiger charge is 2.28. The number of aromatic nitrogens is 3. The molecule has 2 aromatic heterocycles. The number of aryl methyl sites for hydroxylation is 1. The Bertz CT molecular complexity index is 1440. The molecule has 0 bridgehead atoms. The van der Waals surface area contributed by atoms with Crippen molar-refractivity contribution in [2.24, 2.45) is 0 Å². The number of benzene rings is 2. The van der Waals surface area contributed by atoms with Gasteiger partial charge in [-0.05, 0) is 55.3 Å². The Morgan fingerprint density at radius 1 is 1.00 bits per heavy atom. The lowest BCUT2D eigenvalue weighted by Crippen LogP contribution is -2.25. The van der Waals surface area contributed by atoms with Crippen molar-refractivity contribution in [1.29, 1.82) is 0 Å². The number of nitrogens with one attached hydrogen (secondary N) is 2. The van der Waals surface area contributed by atoms with E-state index in [-0.39, 0.29) is 29.8 Å². The number of para-hydroxylation sites is 1. The highest BCUT2D eigenvalue weighted by molar-refractivity contribution is 5.97. The number of anilines is 1. The van der Waals surface area contributed by atoms with Crippen molar-refractivity contribution in [2.45, 2.75) is 38.3 Å². The number of carbonyl (C=O) groups excluding carboxylic acids is 2. The second-order valence-corrected chi connectivity index (χ2v) is 8.58. The number of pyridine rings is 1. The SMILES string of the molecule is O=C(CCc1nc2ccccc2c(=O)n1C1CC1)Nc1cccc(C(=O)NCc2ccccn2)c1. The fourth-order valence-electron chi connectivity index (χ4n) is 4.04. The molecule has 8 heteroatoms. The molecule has 1 aliphatic carbocycles. The van der Waals surface area contributed by atoms with E-state index in [0.29, 0.717) is 40.9 Å². The molecule has 4 aromatic rings. The Morgan fingerprint density at radius 3 is 2.63 bits per heavy atom. The minimum Gasteiger partial charge on any atom is -0.346 e. The van der Waals surface area contributed by atoms with E-state index in [2.05, 4.69) is 20.6 Å². The third kappa shape index (κ3) is 5.27. The third-order valence-electron chi connectivity index (χ3n) is 5.93. The predicted octanol–water partition coefficient (Wildman–Crippen LogP) is 3.63. The van der Waals surface area contributed by atoms with Gasteiger partial charge in [-0.1, -0.05) is 24.3 Å². The zero-order chi connectivity index (χ0) is 24.2. The van der Waals surface area contributed by atoms with Crippen molar-refractivity contribution in [3.8, 4) is 0 Å². The fraction of sp³-hybridized carbons (Fsp3) is 0.222. The lowest BCUT2D eigenvalue weighted by atomic mass is 10.1. The lowest BCUT2D eigenvalue weighted by Gasteiger charge is -2.13. The molecule has 35 heavy (non-hydrogen) atoms. The van der Waals surface area contributed by atoms with Crippen molar-refractivity contribution in [1.82, 2.24) is 19.9 Å². The summed E-state index contributed by atoms with van der Waals surface area (Å²) >= 11 is 0. The van der Waals surface area contributed by atoms with Crippen LogP contribution in [0.4, 0.5) is 5.69 Å². The minimum absolute atomic E-state index is 0.0436. The summed E-state index contributed by atoms with van der Waals surface area (Å²) in [5.41, 5.74) is 2.34. The van der Waals surface area contributed by atoms with Gasteiger partial charge in [-0.25, -0.2) is 4.98 Å². The number of amides is 2. The molecule has 0 spiro atoms. The maximum atomic E-state index is 13.0. The van der Waals surface area contributed by atoms with E-state index in [1.807, 2.05) is 36.4 Å². The zero-order valence-electron chi connectivity index (χ0n) is 19.1. The standard InChI is InChI=1S/C27H25N5O3/c33-25(14-13-24-31-23-10-2-1-9-22(23)27(35)32(24)21-11-12-21)30-19-8-5-6-18(16-19)26(34)29-17-20-7-3-4-15-28-20/h1-10,15-16,21H,11-14,17H2,(H,29,34)(H,30,33). The second kappa shape index (κ2) is 9.89. The Morgan fingerprint density at radius 2 is 1.83 bits per heavy atom. The minimum atomic E-state index is -0.249. The van der Waals surface area contributed by atoms with E-state index in [1.54, 1.807) is 41.1 Å². The fourth-order valence-corrected chi connectivity index (χ4v) is 4.04. The van der Waals surface area contributed by atoms with Gasteiger partial charge in [-0.2, -0.15) is 0 Å². The lowest BCUT2D eigenvalue weighted by molar-refractivity contribution is -0.116. The molecule has 176 valence electrons. The molecule has 0 radical (unpaired) electrons. The Hall–Kier alpha value is -4.33. The van der Waals surface area contributed by atoms with Crippen LogP contribution in [-0.4, -0.2) is 26.3 Å². The molecule has 1 aliphatic rings. The van der Waals surface area contributed by atoms with E-state index in [1.165, 1.54) is 0 Å². The van der Waals surface area contributed by atoms with E-state index in [9.17, 15) is 14.4 Å². The first-order valence-corrected chi connectivity index (χ1v) is 11.7. The Labute approximate surface area is 202 Å². The van der Waals surface area contributed by atoms with E-state index >= 15 is 0 Å². The number of nitrogens with zero attached hydrogens (tertiary/aromatic N) is 3. The second-order valence-electron chi connectivity index (χ2n) is 8.58. The highest BCUT2D eigenvalue weighted by atomic mass is 16.2. The number of hydrogen-bond acceptors (Lipinski definition) is 5. The van der Waals surface area contributed by atoms with Crippen molar-refractivity contribution >= 4 is 28.4 Å². The first kappa shape index (κ1) is 22.5. The first-order valence-electron chi connectivity index (χ1n) is 11.7. The van der Waals surface area contributed by atoms with Crippen LogP contribution in [0.15, 0.2) is 77.7 Å². The molecule has 8 nitrogen and oxygen atoms in total. The highest BCUT2D eigenvalue weighted by Crippen LogP contribution is 2.35. The molecule has 2 N–H and O–H groups in total. The van der Waals surface area contributed by atoms with Gasteiger partial charge in [-0.15, -0.1) is 0 Å². The van der Waals surface area contributed by atoms with E-state index < -0.39 is 0 Å². The van der Waals surface area contributed by atoms with Crippen LogP contribution in [0.2, 0.25) is 0 Å². The van der Waals surface area contributed by atoms with Gasteiger partial charge in [0.05, 0.1) is 23.1 Å². The maximum Gasteiger partial charge on any atom is 0.261 e. The zero-order valence-corrected chi connectivity index (χ0v) is 19.1. The van der Waals surface area contributed by atoms with Crippen molar-refractivity contribution < 1.29 is 9.59 Å².